The van der Waals surface area contributed by atoms with Crippen LogP contribution in [0.2, 0.25) is 0 Å². The number of hydrogen-bond acceptors (Lipinski definition) is 5. The van der Waals surface area contributed by atoms with Crippen LogP contribution >= 0.6 is 0 Å². The molecular formula is C27H44O5. The number of hydrogen-bond donors (Lipinski definition) is 5. The van der Waals surface area contributed by atoms with Gasteiger partial charge in [0.2, 0.25) is 0 Å². The lowest BCUT2D eigenvalue weighted by atomic mass is 9.60. The molecule has 3 saturated carbocycles. The second-order valence-electron chi connectivity index (χ2n) is 11.5. The van der Waals surface area contributed by atoms with Crippen LogP contribution in [0.1, 0.15) is 79.1 Å². The Morgan fingerprint density at radius 2 is 1.84 bits per heavy atom. The van der Waals surface area contributed by atoms with E-state index < -0.39 is 30.0 Å². The van der Waals surface area contributed by atoms with Crippen molar-refractivity contribution in [2.24, 2.45) is 23.2 Å². The molecule has 0 spiro atoms. The second-order valence-corrected chi connectivity index (χ2v) is 11.5. The highest BCUT2D eigenvalue weighted by Crippen LogP contribution is 2.60. The van der Waals surface area contributed by atoms with Crippen molar-refractivity contribution in [3.05, 3.63) is 35.5 Å². The van der Waals surface area contributed by atoms with Gasteiger partial charge in [0.25, 0.3) is 0 Å². The van der Waals surface area contributed by atoms with Crippen molar-refractivity contribution in [1.82, 2.24) is 0 Å². The molecule has 0 aliphatic heterocycles. The van der Waals surface area contributed by atoms with Crippen molar-refractivity contribution in [2.45, 2.75) is 109 Å². The van der Waals surface area contributed by atoms with Gasteiger partial charge in [-0.1, -0.05) is 38.2 Å². The summed E-state index contributed by atoms with van der Waals surface area (Å²) in [4.78, 5) is 0. The maximum Gasteiger partial charge on any atom is 0.110 e. The third-order valence-electron chi connectivity index (χ3n) is 8.85. The van der Waals surface area contributed by atoms with Crippen LogP contribution < -0.4 is 0 Å². The van der Waals surface area contributed by atoms with Gasteiger partial charge in [-0.3, -0.25) is 0 Å². The minimum absolute atomic E-state index is 0.237. The molecule has 8 atom stereocenters. The van der Waals surface area contributed by atoms with Crippen LogP contribution in [0, 0.1) is 23.2 Å². The molecule has 0 aromatic rings. The monoisotopic (exact) mass is 448 g/mol. The Bertz CT molecular complexity index is 748. The summed E-state index contributed by atoms with van der Waals surface area (Å²) in [5, 5.41) is 50.4. The molecular weight excluding hydrogens is 404 g/mol. The molecule has 0 saturated heterocycles. The van der Waals surface area contributed by atoms with E-state index in [1.165, 1.54) is 24.8 Å². The van der Waals surface area contributed by atoms with Crippen LogP contribution in [0.4, 0.5) is 0 Å². The summed E-state index contributed by atoms with van der Waals surface area (Å²) in [6.07, 6.45) is 7.88. The lowest BCUT2D eigenvalue weighted by Gasteiger charge is -2.44. The molecule has 0 radical (unpaired) electrons. The van der Waals surface area contributed by atoms with E-state index >= 15 is 0 Å². The van der Waals surface area contributed by atoms with Crippen LogP contribution in [0.25, 0.3) is 0 Å². The van der Waals surface area contributed by atoms with E-state index in [4.69, 9.17) is 0 Å². The highest BCUT2D eigenvalue weighted by atomic mass is 16.4. The van der Waals surface area contributed by atoms with E-state index in [0.717, 1.165) is 24.8 Å². The number of aliphatic hydroxyl groups excluding tert-OH is 4. The van der Waals surface area contributed by atoms with Crippen LogP contribution in [0.3, 0.4) is 0 Å². The van der Waals surface area contributed by atoms with Crippen molar-refractivity contribution in [3.63, 3.8) is 0 Å². The Labute approximate surface area is 193 Å². The molecule has 5 heteroatoms. The van der Waals surface area contributed by atoms with E-state index in [9.17, 15) is 25.5 Å². The minimum Gasteiger partial charge on any atom is -0.390 e. The molecule has 5 nitrogen and oxygen atoms in total. The molecule has 3 fully saturated rings. The Hall–Kier alpha value is -0.980. The number of rotatable bonds is 6. The average Bonchev–Trinajstić information content (AvgIpc) is 3.08. The van der Waals surface area contributed by atoms with Gasteiger partial charge < -0.3 is 25.5 Å². The molecule has 5 N–H and O–H groups in total. The van der Waals surface area contributed by atoms with Gasteiger partial charge >= 0.3 is 0 Å². The molecule has 0 bridgehead atoms. The minimum atomic E-state index is -1.17. The fraction of sp³-hybridized carbons (Fsp3) is 0.778. The van der Waals surface area contributed by atoms with Crippen molar-refractivity contribution in [2.75, 3.05) is 0 Å². The van der Waals surface area contributed by atoms with E-state index in [-0.39, 0.29) is 5.41 Å². The Kier molecular flexibility index (Phi) is 7.78. The molecule has 0 heterocycles. The van der Waals surface area contributed by atoms with Crippen molar-refractivity contribution in [3.8, 4) is 0 Å². The zero-order chi connectivity index (χ0) is 23.8. The van der Waals surface area contributed by atoms with E-state index in [0.29, 0.717) is 36.2 Å². The second kappa shape index (κ2) is 9.71. The summed E-state index contributed by atoms with van der Waals surface area (Å²) in [6, 6.07) is 0. The number of aliphatic hydroxyl groups is 5. The van der Waals surface area contributed by atoms with Gasteiger partial charge in [-0.25, -0.2) is 0 Å². The summed E-state index contributed by atoms with van der Waals surface area (Å²) in [7, 11) is 0. The van der Waals surface area contributed by atoms with Gasteiger partial charge in [0.1, 0.15) is 12.2 Å². The number of fused-ring (bicyclic) bond motifs is 1. The van der Waals surface area contributed by atoms with Crippen molar-refractivity contribution >= 4 is 0 Å². The molecule has 0 unspecified atom stereocenters. The molecule has 3 aliphatic rings. The first-order valence-corrected chi connectivity index (χ1v) is 12.4. The van der Waals surface area contributed by atoms with Crippen LogP contribution in [0.15, 0.2) is 35.5 Å². The van der Waals surface area contributed by atoms with Crippen molar-refractivity contribution < 1.29 is 25.5 Å². The lowest BCUT2D eigenvalue weighted by Crippen LogP contribution is -2.43. The third kappa shape index (κ3) is 5.07. The molecule has 0 aromatic carbocycles. The maximum atomic E-state index is 10.3. The maximum absolute atomic E-state index is 10.3. The SMILES string of the molecule is C=C1/C(=C\C=C2\CCC[C@]3(C)[C@@H]([C@H](C)CC[C@H](O)C(C)(C)O)CC[C@@H]23)C[C@@H](O)[C@@H](O)[C@@H]1O. The average molecular weight is 449 g/mol. The molecule has 3 rings (SSSR count). The summed E-state index contributed by atoms with van der Waals surface area (Å²) in [5.41, 5.74) is 1.94. The van der Waals surface area contributed by atoms with Crippen LogP contribution in [0.5, 0.6) is 0 Å². The summed E-state index contributed by atoms with van der Waals surface area (Å²) in [6.45, 7) is 12.0. The van der Waals surface area contributed by atoms with Gasteiger partial charge in [-0.05, 0) is 93.1 Å². The number of allylic oxidation sites excluding steroid dienone is 3. The first kappa shape index (κ1) is 25.6. The molecule has 3 aliphatic carbocycles. The zero-order valence-electron chi connectivity index (χ0n) is 20.3. The topological polar surface area (TPSA) is 101 Å². The normalized spacial score (nSPS) is 40.5. The fourth-order valence-electron chi connectivity index (χ4n) is 6.66. The van der Waals surface area contributed by atoms with E-state index in [2.05, 4.69) is 26.5 Å². The zero-order valence-corrected chi connectivity index (χ0v) is 20.3. The molecule has 0 aromatic heterocycles. The first-order valence-electron chi connectivity index (χ1n) is 12.4. The van der Waals surface area contributed by atoms with E-state index in [1.54, 1.807) is 13.8 Å². The standard InChI is InChI=1S/C27H44O5/c1-16(8-13-23(29)26(3,4)32)20-11-12-21-18(7-6-14-27(20,21)5)9-10-19-15-22(28)25(31)24(30)17(19)2/h9-10,16,20-25,28-32H,2,6-8,11-15H2,1,3-5H3/b18-9-,19-10-/t16-,20-,21+,22-,23+,24-,25-,27-/m1/s1. The largest absolute Gasteiger partial charge is 0.390 e. The van der Waals surface area contributed by atoms with Gasteiger partial charge in [-0.15, -0.1) is 0 Å². The summed E-state index contributed by atoms with van der Waals surface area (Å²) >= 11 is 0. The van der Waals surface area contributed by atoms with Gasteiger partial charge in [-0.2, -0.15) is 0 Å². The predicted octanol–water partition coefficient (Wildman–Crippen LogP) is 3.65. The third-order valence-corrected chi connectivity index (χ3v) is 8.85. The van der Waals surface area contributed by atoms with E-state index in [1.807, 2.05) is 6.08 Å². The summed E-state index contributed by atoms with van der Waals surface area (Å²) < 4.78 is 0. The lowest BCUT2D eigenvalue weighted by molar-refractivity contribution is -0.0554. The van der Waals surface area contributed by atoms with Crippen molar-refractivity contribution in [1.29, 1.82) is 0 Å². The fourth-order valence-corrected chi connectivity index (χ4v) is 6.66. The highest BCUT2D eigenvalue weighted by Gasteiger charge is 2.50. The predicted molar refractivity (Wildman–Crippen MR) is 127 cm³/mol. The highest BCUT2D eigenvalue weighted by molar-refractivity contribution is 5.40. The quantitative estimate of drug-likeness (QED) is 0.427. The Morgan fingerprint density at radius 3 is 2.50 bits per heavy atom. The van der Waals surface area contributed by atoms with Gasteiger partial charge in [0.15, 0.2) is 0 Å². The Balaban J connectivity index is 1.72. The first-order chi connectivity index (χ1) is 14.9. The smallest absolute Gasteiger partial charge is 0.110 e. The van der Waals surface area contributed by atoms with Gasteiger partial charge in [0, 0.05) is 6.42 Å². The Morgan fingerprint density at radius 1 is 1.16 bits per heavy atom. The van der Waals surface area contributed by atoms with Gasteiger partial charge in [0.05, 0.1) is 17.8 Å². The van der Waals surface area contributed by atoms with Crippen LogP contribution in [-0.4, -0.2) is 55.5 Å². The molecule has 0 amide bonds. The van der Waals surface area contributed by atoms with Crippen LogP contribution in [-0.2, 0) is 0 Å². The molecule has 32 heavy (non-hydrogen) atoms. The molecule has 182 valence electrons. The summed E-state index contributed by atoms with van der Waals surface area (Å²) in [5.74, 6) is 1.61.